The fraction of sp³-hybridized carbons (Fsp3) is 0.345. The van der Waals surface area contributed by atoms with Crippen molar-refractivity contribution in [3.05, 3.63) is 81.7 Å². The highest BCUT2D eigenvalue weighted by Gasteiger charge is 2.49. The summed E-state index contributed by atoms with van der Waals surface area (Å²) in [6.07, 6.45) is 3.12. The van der Waals surface area contributed by atoms with Crippen molar-refractivity contribution < 1.29 is 23.9 Å². The van der Waals surface area contributed by atoms with Crippen LogP contribution < -0.4 is 14.8 Å². The zero-order chi connectivity index (χ0) is 25.9. The number of benzene rings is 2. The molecule has 37 heavy (non-hydrogen) atoms. The van der Waals surface area contributed by atoms with E-state index in [0.29, 0.717) is 17.9 Å². The lowest BCUT2D eigenvalue weighted by Crippen LogP contribution is -2.41. The highest BCUT2D eigenvalue weighted by atomic mass is 16.7. The third-order valence-corrected chi connectivity index (χ3v) is 7.90. The van der Waals surface area contributed by atoms with Crippen molar-refractivity contribution in [1.82, 2.24) is 14.8 Å². The monoisotopic (exact) mass is 499 g/mol. The topological polar surface area (TPSA) is 89.9 Å². The van der Waals surface area contributed by atoms with Crippen LogP contribution in [-0.2, 0) is 29.7 Å². The number of hydrogen-bond acceptors (Lipinski definition) is 5. The highest BCUT2D eigenvalue weighted by Crippen LogP contribution is 2.34. The van der Waals surface area contributed by atoms with Gasteiger partial charge in [0.2, 0.25) is 6.79 Å². The predicted molar refractivity (Wildman–Crippen MR) is 136 cm³/mol. The van der Waals surface area contributed by atoms with Crippen molar-refractivity contribution in [3.63, 3.8) is 0 Å². The molecule has 1 aromatic heterocycles. The number of imide groups is 1. The minimum absolute atomic E-state index is 0.216. The van der Waals surface area contributed by atoms with Crippen LogP contribution in [0.25, 0.3) is 0 Å². The molecule has 2 aromatic carbocycles. The van der Waals surface area contributed by atoms with Crippen molar-refractivity contribution in [1.29, 1.82) is 0 Å². The smallest absolute Gasteiger partial charge is 0.325 e. The van der Waals surface area contributed by atoms with E-state index in [-0.39, 0.29) is 19.1 Å². The van der Waals surface area contributed by atoms with E-state index in [1.165, 1.54) is 11.1 Å². The number of aromatic nitrogens is 1. The second-order valence-corrected chi connectivity index (χ2v) is 10.3. The zero-order valence-electron chi connectivity index (χ0n) is 21.2. The van der Waals surface area contributed by atoms with Crippen LogP contribution in [0.15, 0.2) is 42.5 Å². The van der Waals surface area contributed by atoms with E-state index in [1.54, 1.807) is 6.92 Å². The number of Topliss-reactive ketones (excluding diaryl/α,β-unsaturated/α-hetero) is 1. The van der Waals surface area contributed by atoms with E-state index in [0.717, 1.165) is 52.4 Å². The van der Waals surface area contributed by atoms with E-state index >= 15 is 0 Å². The lowest BCUT2D eigenvalue weighted by molar-refractivity contribution is -0.130. The van der Waals surface area contributed by atoms with Crippen molar-refractivity contribution in [3.8, 4) is 11.5 Å². The third-order valence-electron chi connectivity index (χ3n) is 7.90. The van der Waals surface area contributed by atoms with Gasteiger partial charge in [0.05, 0.1) is 6.54 Å². The van der Waals surface area contributed by atoms with Gasteiger partial charge in [-0.05, 0) is 80.5 Å². The molecule has 0 saturated carbocycles. The van der Waals surface area contributed by atoms with Crippen LogP contribution >= 0.6 is 0 Å². The minimum atomic E-state index is -1.19. The van der Waals surface area contributed by atoms with Crippen LogP contribution in [0.1, 0.15) is 57.3 Å². The Morgan fingerprint density at radius 1 is 1.00 bits per heavy atom. The average Bonchev–Trinajstić information content (AvgIpc) is 3.64. The van der Waals surface area contributed by atoms with E-state index in [4.69, 9.17) is 9.47 Å². The number of carbonyl (C=O) groups is 3. The molecule has 1 aliphatic carbocycles. The Bertz CT molecular complexity index is 1470. The van der Waals surface area contributed by atoms with Crippen molar-refractivity contribution in [2.24, 2.45) is 0 Å². The van der Waals surface area contributed by atoms with E-state index < -0.39 is 17.5 Å². The molecule has 1 atom stereocenters. The highest BCUT2D eigenvalue weighted by molar-refractivity contribution is 6.11. The summed E-state index contributed by atoms with van der Waals surface area (Å²) in [5, 5.41) is 2.84. The molecule has 1 fully saturated rings. The third kappa shape index (κ3) is 3.79. The van der Waals surface area contributed by atoms with Gasteiger partial charge in [0.1, 0.15) is 5.54 Å². The second-order valence-electron chi connectivity index (χ2n) is 10.3. The lowest BCUT2D eigenvalue weighted by Gasteiger charge is -2.23. The quantitative estimate of drug-likeness (QED) is 0.409. The van der Waals surface area contributed by atoms with Gasteiger partial charge < -0.3 is 19.4 Å². The fourth-order valence-corrected chi connectivity index (χ4v) is 5.70. The second kappa shape index (κ2) is 8.50. The molecular weight excluding hydrogens is 470 g/mol. The van der Waals surface area contributed by atoms with Gasteiger partial charge in [-0.25, -0.2) is 4.79 Å². The summed E-state index contributed by atoms with van der Waals surface area (Å²) >= 11 is 0. The standard InChI is InChI=1S/C29H29N3O5/c1-17-11-23(18(2)31(17)14-19-7-10-25-26(12-19)37-16-36-25)24(33)15-32-27(34)29(3,30-28(32)35)22-9-8-20-5-4-6-21(20)13-22/h7-13H,4-6,14-16H2,1-3H3,(H,30,35)/t29-/m0/s1. The summed E-state index contributed by atoms with van der Waals surface area (Å²) in [6.45, 7) is 6.00. The predicted octanol–water partition coefficient (Wildman–Crippen LogP) is 4.02. The molecule has 6 rings (SSSR count). The number of nitrogens with zero attached hydrogens (tertiary/aromatic N) is 2. The molecule has 3 heterocycles. The summed E-state index contributed by atoms with van der Waals surface area (Å²) in [4.78, 5) is 40.7. The number of carbonyl (C=O) groups excluding carboxylic acids is 3. The maximum absolute atomic E-state index is 13.5. The molecule has 0 spiro atoms. The Kier molecular flexibility index (Phi) is 5.36. The molecular formula is C29H29N3O5. The first kappa shape index (κ1) is 23.3. The number of hydrogen-bond donors (Lipinski definition) is 1. The summed E-state index contributed by atoms with van der Waals surface area (Å²) in [5.41, 5.74) is 5.31. The Morgan fingerprint density at radius 3 is 2.62 bits per heavy atom. The number of nitrogens with one attached hydrogen (secondary N) is 1. The number of urea groups is 1. The molecule has 1 saturated heterocycles. The van der Waals surface area contributed by atoms with Gasteiger partial charge in [0, 0.05) is 23.5 Å². The Hall–Kier alpha value is -4.07. The molecule has 3 aliphatic rings. The molecule has 3 aromatic rings. The van der Waals surface area contributed by atoms with Crippen LogP contribution in [0.4, 0.5) is 4.79 Å². The van der Waals surface area contributed by atoms with Crippen molar-refractivity contribution in [2.45, 2.75) is 52.1 Å². The molecule has 0 unspecified atom stereocenters. The molecule has 8 nitrogen and oxygen atoms in total. The summed E-state index contributed by atoms with van der Waals surface area (Å²) in [6, 6.07) is 13.1. The normalized spacial score (nSPS) is 19.9. The zero-order valence-corrected chi connectivity index (χ0v) is 21.2. The van der Waals surface area contributed by atoms with Crippen LogP contribution in [0, 0.1) is 13.8 Å². The van der Waals surface area contributed by atoms with Gasteiger partial charge in [-0.3, -0.25) is 14.5 Å². The van der Waals surface area contributed by atoms with Crippen molar-refractivity contribution >= 4 is 17.7 Å². The van der Waals surface area contributed by atoms with Gasteiger partial charge >= 0.3 is 6.03 Å². The summed E-state index contributed by atoms with van der Waals surface area (Å²) in [5.74, 6) is 0.756. The minimum Gasteiger partial charge on any atom is -0.454 e. The number of aryl methyl sites for hydroxylation is 3. The van der Waals surface area contributed by atoms with E-state index in [9.17, 15) is 14.4 Å². The Morgan fingerprint density at radius 2 is 1.78 bits per heavy atom. The SMILES string of the molecule is Cc1cc(C(=O)CN2C(=O)N[C@@](C)(c3ccc4c(c3)CCC4)C2=O)c(C)n1Cc1ccc2c(c1)OCO2. The Balaban J connectivity index is 1.21. The molecule has 8 heteroatoms. The number of ketones is 1. The van der Waals surface area contributed by atoms with E-state index in [1.807, 2.05) is 60.9 Å². The van der Waals surface area contributed by atoms with Crippen LogP contribution in [0.3, 0.4) is 0 Å². The first-order chi connectivity index (χ1) is 17.7. The molecule has 190 valence electrons. The van der Waals surface area contributed by atoms with Crippen LogP contribution in [0.5, 0.6) is 11.5 Å². The van der Waals surface area contributed by atoms with E-state index in [2.05, 4.69) is 5.32 Å². The van der Waals surface area contributed by atoms with Crippen LogP contribution in [0.2, 0.25) is 0 Å². The number of rotatable bonds is 6. The first-order valence-electron chi connectivity index (χ1n) is 12.6. The maximum atomic E-state index is 13.5. The number of ether oxygens (including phenoxy) is 2. The molecule has 2 aliphatic heterocycles. The first-order valence-corrected chi connectivity index (χ1v) is 12.6. The molecule has 0 bridgehead atoms. The average molecular weight is 500 g/mol. The number of fused-ring (bicyclic) bond motifs is 2. The maximum Gasteiger partial charge on any atom is 0.325 e. The molecule has 1 N–H and O–H groups in total. The van der Waals surface area contributed by atoms with Gasteiger partial charge in [-0.15, -0.1) is 0 Å². The fourth-order valence-electron chi connectivity index (χ4n) is 5.70. The molecule has 3 amide bonds. The van der Waals surface area contributed by atoms with Gasteiger partial charge in [0.15, 0.2) is 17.3 Å². The van der Waals surface area contributed by atoms with Crippen LogP contribution in [-0.4, -0.2) is 40.5 Å². The van der Waals surface area contributed by atoms with Gasteiger partial charge in [-0.2, -0.15) is 0 Å². The van der Waals surface area contributed by atoms with Gasteiger partial charge in [0.25, 0.3) is 5.91 Å². The summed E-state index contributed by atoms with van der Waals surface area (Å²) in [7, 11) is 0. The molecule has 0 radical (unpaired) electrons. The Labute approximate surface area is 215 Å². The lowest BCUT2D eigenvalue weighted by atomic mass is 9.89. The van der Waals surface area contributed by atoms with Crippen molar-refractivity contribution in [2.75, 3.05) is 13.3 Å². The van der Waals surface area contributed by atoms with Gasteiger partial charge in [-0.1, -0.05) is 24.3 Å². The largest absolute Gasteiger partial charge is 0.454 e. The number of amides is 3. The summed E-state index contributed by atoms with van der Waals surface area (Å²) < 4.78 is 12.9.